The molecule has 0 aromatic heterocycles. The predicted molar refractivity (Wildman–Crippen MR) is 107 cm³/mol. The minimum atomic E-state index is -0.440. The largest absolute Gasteiger partial charge is 0.507 e. The molecule has 1 N–H and O–H groups in total. The van der Waals surface area contributed by atoms with E-state index >= 15 is 0 Å². The van der Waals surface area contributed by atoms with Crippen LogP contribution in [0.1, 0.15) is 36.1 Å². The molecule has 1 aliphatic heterocycles. The third-order valence-corrected chi connectivity index (χ3v) is 4.83. The topological polar surface area (TPSA) is 29.5 Å². The molecule has 1 aliphatic rings. The zero-order valence-electron chi connectivity index (χ0n) is 15.3. The molecular weight excluding hydrogens is 320 g/mol. The molecule has 2 heteroatoms. The number of ether oxygens (including phenoxy) is 1. The molecule has 4 rings (SSSR count). The van der Waals surface area contributed by atoms with Crippen molar-refractivity contribution < 1.29 is 9.84 Å². The highest BCUT2D eigenvalue weighted by Crippen LogP contribution is 2.49. The molecule has 0 amide bonds. The Morgan fingerprint density at radius 2 is 1.62 bits per heavy atom. The highest BCUT2D eigenvalue weighted by Gasteiger charge is 2.34. The number of aromatic hydroxyl groups is 1. The highest BCUT2D eigenvalue weighted by atomic mass is 16.5. The molecule has 0 aliphatic carbocycles. The van der Waals surface area contributed by atoms with Crippen LogP contribution in [0.4, 0.5) is 0 Å². The van der Waals surface area contributed by atoms with Gasteiger partial charge in [-0.15, -0.1) is 0 Å². The zero-order chi connectivity index (χ0) is 18.3. The number of hydrogen-bond acceptors (Lipinski definition) is 2. The van der Waals surface area contributed by atoms with E-state index in [0.717, 1.165) is 33.6 Å². The summed E-state index contributed by atoms with van der Waals surface area (Å²) in [5.41, 5.74) is 5.68. The van der Waals surface area contributed by atoms with E-state index < -0.39 is 5.60 Å². The van der Waals surface area contributed by atoms with Crippen molar-refractivity contribution in [3.63, 3.8) is 0 Å². The molecule has 3 aromatic rings. The first-order valence-corrected chi connectivity index (χ1v) is 8.85. The minimum Gasteiger partial charge on any atom is -0.507 e. The van der Waals surface area contributed by atoms with E-state index in [1.165, 1.54) is 5.56 Å². The van der Waals surface area contributed by atoms with Crippen LogP contribution in [-0.4, -0.2) is 5.11 Å². The van der Waals surface area contributed by atoms with Gasteiger partial charge in [0.1, 0.15) is 17.1 Å². The Balaban J connectivity index is 1.82. The third kappa shape index (κ3) is 2.88. The molecule has 26 heavy (non-hydrogen) atoms. The van der Waals surface area contributed by atoms with Crippen LogP contribution in [0.25, 0.3) is 23.3 Å². The number of aryl methyl sites for hydroxylation is 1. The fraction of sp³-hybridized carbons (Fsp3) is 0.167. The Kier molecular flexibility index (Phi) is 3.84. The first-order valence-electron chi connectivity index (χ1n) is 8.85. The molecule has 0 saturated carbocycles. The molecule has 0 spiro atoms. The summed E-state index contributed by atoms with van der Waals surface area (Å²) in [4.78, 5) is 0. The molecule has 1 heterocycles. The van der Waals surface area contributed by atoms with E-state index in [1.54, 1.807) is 6.07 Å². The molecule has 3 aromatic carbocycles. The van der Waals surface area contributed by atoms with Gasteiger partial charge in [0.25, 0.3) is 0 Å². The Labute approximate surface area is 154 Å². The summed E-state index contributed by atoms with van der Waals surface area (Å²) >= 11 is 0. The monoisotopic (exact) mass is 342 g/mol. The van der Waals surface area contributed by atoms with Gasteiger partial charge in [0.05, 0.1) is 5.56 Å². The van der Waals surface area contributed by atoms with Crippen LogP contribution in [0.3, 0.4) is 0 Å². The summed E-state index contributed by atoms with van der Waals surface area (Å²) in [6, 6.07) is 20.2. The molecule has 0 fully saturated rings. The van der Waals surface area contributed by atoms with Gasteiger partial charge in [-0.3, -0.25) is 0 Å². The second-order valence-corrected chi connectivity index (χ2v) is 7.32. The van der Waals surface area contributed by atoms with Crippen LogP contribution >= 0.6 is 0 Å². The molecule has 0 saturated heterocycles. The van der Waals surface area contributed by atoms with Crippen molar-refractivity contribution in [1.82, 2.24) is 0 Å². The van der Waals surface area contributed by atoms with Gasteiger partial charge in [-0.1, -0.05) is 66.2 Å². The quantitative estimate of drug-likeness (QED) is 0.565. The summed E-state index contributed by atoms with van der Waals surface area (Å²) in [7, 11) is 0. The second-order valence-electron chi connectivity index (χ2n) is 7.32. The summed E-state index contributed by atoms with van der Waals surface area (Å²) in [5.74, 6) is 0.971. The zero-order valence-corrected chi connectivity index (χ0v) is 15.3. The van der Waals surface area contributed by atoms with Crippen molar-refractivity contribution in [2.75, 3.05) is 0 Å². The lowest BCUT2D eigenvalue weighted by Crippen LogP contribution is -2.29. The van der Waals surface area contributed by atoms with Crippen LogP contribution in [0.15, 0.2) is 60.7 Å². The van der Waals surface area contributed by atoms with Gasteiger partial charge in [-0.25, -0.2) is 0 Å². The Hall–Kier alpha value is -3.00. The van der Waals surface area contributed by atoms with Gasteiger partial charge in [0.2, 0.25) is 0 Å². The van der Waals surface area contributed by atoms with E-state index in [4.69, 9.17) is 4.74 Å². The minimum absolute atomic E-state index is 0.248. The number of hydrogen-bond donors (Lipinski definition) is 1. The summed E-state index contributed by atoms with van der Waals surface area (Å²) < 4.78 is 6.27. The summed E-state index contributed by atoms with van der Waals surface area (Å²) in [6.07, 6.45) is 4.03. The lowest BCUT2D eigenvalue weighted by molar-refractivity contribution is 0.105. The average Bonchev–Trinajstić information content (AvgIpc) is 2.59. The van der Waals surface area contributed by atoms with Crippen molar-refractivity contribution >= 4 is 12.2 Å². The molecule has 130 valence electrons. The SMILES string of the molecule is Cc1ccc2c(c1)-c1c(O)cc(/C=C/c3ccccc3)cc1OC2(C)C. The Morgan fingerprint density at radius 1 is 0.885 bits per heavy atom. The van der Waals surface area contributed by atoms with Crippen molar-refractivity contribution in [1.29, 1.82) is 0 Å². The van der Waals surface area contributed by atoms with Crippen LogP contribution in [0.5, 0.6) is 11.5 Å². The van der Waals surface area contributed by atoms with Crippen molar-refractivity contribution in [2.45, 2.75) is 26.4 Å². The lowest BCUT2D eigenvalue weighted by Gasteiger charge is -2.35. The van der Waals surface area contributed by atoms with E-state index in [9.17, 15) is 5.11 Å². The van der Waals surface area contributed by atoms with E-state index in [1.807, 2.05) is 48.6 Å². The molecule has 0 unspecified atom stereocenters. The molecule has 0 bridgehead atoms. The van der Waals surface area contributed by atoms with E-state index in [-0.39, 0.29) is 5.75 Å². The van der Waals surface area contributed by atoms with E-state index in [2.05, 4.69) is 39.0 Å². The van der Waals surface area contributed by atoms with Crippen LogP contribution in [-0.2, 0) is 5.60 Å². The first kappa shape index (κ1) is 16.5. The van der Waals surface area contributed by atoms with Crippen molar-refractivity contribution in [3.8, 4) is 22.6 Å². The van der Waals surface area contributed by atoms with Crippen molar-refractivity contribution in [3.05, 3.63) is 82.9 Å². The molecule has 0 radical (unpaired) electrons. The number of rotatable bonds is 2. The number of fused-ring (bicyclic) bond motifs is 3. The number of benzene rings is 3. The van der Waals surface area contributed by atoms with Gasteiger partial charge in [0.15, 0.2) is 0 Å². The third-order valence-electron chi connectivity index (χ3n) is 4.83. The fourth-order valence-corrected chi connectivity index (χ4v) is 3.55. The lowest BCUT2D eigenvalue weighted by atomic mass is 9.84. The maximum atomic E-state index is 10.7. The normalized spacial score (nSPS) is 14.6. The standard InChI is InChI=1S/C24H22O2/c1-16-9-12-20-19(13-16)23-21(25)14-18(15-22(23)26-24(20,2)3)11-10-17-7-5-4-6-8-17/h4-15,25H,1-3H3/b11-10+. The Bertz CT molecular complexity index is 998. The van der Waals surface area contributed by atoms with Crippen LogP contribution < -0.4 is 4.74 Å². The van der Waals surface area contributed by atoms with Crippen molar-refractivity contribution in [2.24, 2.45) is 0 Å². The van der Waals surface area contributed by atoms with Crippen LogP contribution in [0.2, 0.25) is 0 Å². The fourth-order valence-electron chi connectivity index (χ4n) is 3.55. The first-order chi connectivity index (χ1) is 12.4. The van der Waals surface area contributed by atoms with Gasteiger partial charge in [0, 0.05) is 5.56 Å². The average molecular weight is 342 g/mol. The molecule has 2 nitrogen and oxygen atoms in total. The molecular formula is C24H22O2. The summed E-state index contributed by atoms with van der Waals surface area (Å²) in [5, 5.41) is 10.7. The predicted octanol–water partition coefficient (Wildman–Crippen LogP) is 6.17. The van der Waals surface area contributed by atoms with Gasteiger partial charge >= 0.3 is 0 Å². The number of phenols is 1. The van der Waals surface area contributed by atoms with E-state index in [0.29, 0.717) is 0 Å². The van der Waals surface area contributed by atoms with Gasteiger partial charge in [-0.05, 0) is 49.6 Å². The highest BCUT2D eigenvalue weighted by molar-refractivity contribution is 5.84. The second kappa shape index (κ2) is 6.06. The maximum absolute atomic E-state index is 10.7. The maximum Gasteiger partial charge on any atom is 0.132 e. The van der Waals surface area contributed by atoms with Gasteiger partial charge in [-0.2, -0.15) is 0 Å². The number of phenolic OH excluding ortho intramolecular Hbond substituents is 1. The Morgan fingerprint density at radius 3 is 2.38 bits per heavy atom. The molecule has 0 atom stereocenters. The summed E-state index contributed by atoms with van der Waals surface area (Å²) in [6.45, 7) is 6.19. The van der Waals surface area contributed by atoms with Crippen LogP contribution in [0, 0.1) is 6.92 Å². The smallest absolute Gasteiger partial charge is 0.132 e. The van der Waals surface area contributed by atoms with Gasteiger partial charge < -0.3 is 9.84 Å².